The molecule has 0 bridgehead atoms. The first-order valence-corrected chi connectivity index (χ1v) is 8.85. The smallest absolute Gasteiger partial charge is 0.255 e. The maximum absolute atomic E-state index is 10.8. The molecule has 0 aliphatic rings. The number of hydrogen-bond donors (Lipinski definition) is 1. The molecule has 0 spiro atoms. The van der Waals surface area contributed by atoms with Gasteiger partial charge in [0.15, 0.2) is 11.8 Å². The lowest BCUT2D eigenvalue weighted by Gasteiger charge is -2.08. The predicted molar refractivity (Wildman–Crippen MR) is 101 cm³/mol. The molecular weight excluding hydrogens is 334 g/mol. The summed E-state index contributed by atoms with van der Waals surface area (Å²) in [6.07, 6.45) is 1.87. The SMILES string of the molecule is C=CCn1c(SCc2cccc(OCC(N)=O)c2)nc2ccccc21. The molecular formula is C19H19N3O2S. The molecule has 0 unspecified atom stereocenters. The summed E-state index contributed by atoms with van der Waals surface area (Å²) in [5, 5.41) is 0.949. The van der Waals surface area contributed by atoms with Crippen molar-refractivity contribution in [3.63, 3.8) is 0 Å². The van der Waals surface area contributed by atoms with E-state index in [1.807, 2.05) is 48.5 Å². The lowest BCUT2D eigenvalue weighted by Crippen LogP contribution is -2.20. The highest BCUT2D eigenvalue weighted by Gasteiger charge is 2.10. The average Bonchev–Trinajstić information content (AvgIpc) is 2.97. The number of nitrogens with two attached hydrogens (primary N) is 1. The van der Waals surface area contributed by atoms with Gasteiger partial charge in [0.1, 0.15) is 5.75 Å². The van der Waals surface area contributed by atoms with E-state index in [1.54, 1.807) is 11.8 Å². The molecule has 0 aliphatic heterocycles. The van der Waals surface area contributed by atoms with Gasteiger partial charge < -0.3 is 15.0 Å². The number of fused-ring (bicyclic) bond motifs is 1. The molecule has 128 valence electrons. The van der Waals surface area contributed by atoms with Crippen LogP contribution in [-0.4, -0.2) is 22.1 Å². The molecule has 0 saturated heterocycles. The van der Waals surface area contributed by atoms with Gasteiger partial charge in [-0.2, -0.15) is 0 Å². The van der Waals surface area contributed by atoms with Gasteiger partial charge in [0, 0.05) is 12.3 Å². The van der Waals surface area contributed by atoms with E-state index in [2.05, 4.69) is 17.2 Å². The summed E-state index contributed by atoms with van der Waals surface area (Å²) in [5.74, 6) is 0.892. The molecule has 1 heterocycles. The summed E-state index contributed by atoms with van der Waals surface area (Å²) in [6.45, 7) is 4.43. The second-order valence-corrected chi connectivity index (χ2v) is 6.42. The minimum atomic E-state index is -0.488. The molecule has 3 rings (SSSR count). The Morgan fingerprint density at radius 2 is 2.12 bits per heavy atom. The third-order valence-electron chi connectivity index (χ3n) is 3.58. The van der Waals surface area contributed by atoms with Crippen LogP contribution >= 0.6 is 11.8 Å². The van der Waals surface area contributed by atoms with Crippen molar-refractivity contribution < 1.29 is 9.53 Å². The minimum absolute atomic E-state index is 0.119. The van der Waals surface area contributed by atoms with Gasteiger partial charge in [-0.05, 0) is 29.8 Å². The van der Waals surface area contributed by atoms with Crippen LogP contribution in [0.2, 0.25) is 0 Å². The van der Waals surface area contributed by atoms with Gasteiger partial charge in [0.25, 0.3) is 5.91 Å². The summed E-state index contributed by atoms with van der Waals surface area (Å²) in [6, 6.07) is 15.7. The van der Waals surface area contributed by atoms with Gasteiger partial charge in [-0.25, -0.2) is 4.98 Å². The number of carbonyl (C=O) groups is 1. The Morgan fingerprint density at radius 3 is 2.92 bits per heavy atom. The summed E-state index contributed by atoms with van der Waals surface area (Å²) in [5.41, 5.74) is 8.27. The van der Waals surface area contributed by atoms with E-state index in [4.69, 9.17) is 15.5 Å². The first kappa shape index (κ1) is 17.1. The Balaban J connectivity index is 1.76. The van der Waals surface area contributed by atoms with Gasteiger partial charge in [0.05, 0.1) is 11.0 Å². The molecule has 2 aromatic carbocycles. The number of allylic oxidation sites excluding steroid dienone is 1. The van der Waals surface area contributed by atoms with Gasteiger partial charge in [0.2, 0.25) is 0 Å². The molecule has 3 aromatic rings. The molecule has 25 heavy (non-hydrogen) atoms. The molecule has 2 N–H and O–H groups in total. The zero-order valence-corrected chi connectivity index (χ0v) is 14.5. The molecule has 5 nitrogen and oxygen atoms in total. The normalized spacial score (nSPS) is 10.7. The average molecular weight is 353 g/mol. The van der Waals surface area contributed by atoms with E-state index in [1.165, 1.54) is 0 Å². The van der Waals surface area contributed by atoms with Gasteiger partial charge in [-0.3, -0.25) is 4.79 Å². The molecule has 0 fully saturated rings. The van der Waals surface area contributed by atoms with Crippen molar-refractivity contribution in [2.24, 2.45) is 5.73 Å². The summed E-state index contributed by atoms with van der Waals surface area (Å²) in [4.78, 5) is 15.5. The van der Waals surface area contributed by atoms with E-state index in [0.29, 0.717) is 12.3 Å². The highest BCUT2D eigenvalue weighted by molar-refractivity contribution is 7.98. The van der Waals surface area contributed by atoms with E-state index in [9.17, 15) is 4.79 Å². The highest BCUT2D eigenvalue weighted by atomic mass is 32.2. The van der Waals surface area contributed by atoms with Gasteiger partial charge >= 0.3 is 0 Å². The van der Waals surface area contributed by atoms with Crippen LogP contribution < -0.4 is 10.5 Å². The number of benzene rings is 2. The Morgan fingerprint density at radius 1 is 1.28 bits per heavy atom. The fourth-order valence-corrected chi connectivity index (χ4v) is 3.46. The quantitative estimate of drug-likeness (QED) is 0.498. The number of primary amides is 1. The maximum Gasteiger partial charge on any atom is 0.255 e. The molecule has 0 saturated carbocycles. The number of ether oxygens (including phenoxy) is 1. The van der Waals surface area contributed by atoms with E-state index in [0.717, 1.165) is 27.5 Å². The molecule has 1 amide bonds. The number of rotatable bonds is 8. The fourth-order valence-electron chi connectivity index (χ4n) is 2.50. The van der Waals surface area contributed by atoms with E-state index >= 15 is 0 Å². The first-order valence-electron chi connectivity index (χ1n) is 7.86. The van der Waals surface area contributed by atoms with Crippen molar-refractivity contribution >= 4 is 28.7 Å². The number of aromatic nitrogens is 2. The van der Waals surface area contributed by atoms with Crippen LogP contribution in [0.3, 0.4) is 0 Å². The van der Waals surface area contributed by atoms with Crippen LogP contribution in [0.5, 0.6) is 5.75 Å². The van der Waals surface area contributed by atoms with Crippen LogP contribution in [0.15, 0.2) is 66.3 Å². The highest BCUT2D eigenvalue weighted by Crippen LogP contribution is 2.27. The molecule has 6 heteroatoms. The van der Waals surface area contributed by atoms with E-state index < -0.39 is 5.91 Å². The first-order chi connectivity index (χ1) is 12.2. The Kier molecular flexibility index (Phi) is 5.40. The van der Waals surface area contributed by atoms with Crippen molar-refractivity contribution in [1.29, 1.82) is 0 Å². The zero-order chi connectivity index (χ0) is 17.6. The topological polar surface area (TPSA) is 70.1 Å². The molecule has 1 aromatic heterocycles. The Labute approximate surface area is 150 Å². The molecule has 0 aliphatic carbocycles. The Bertz CT molecular complexity index is 905. The van der Waals surface area contributed by atoms with Crippen molar-refractivity contribution in [1.82, 2.24) is 9.55 Å². The van der Waals surface area contributed by atoms with Gasteiger partial charge in [-0.1, -0.05) is 42.1 Å². The largest absolute Gasteiger partial charge is 0.484 e. The third-order valence-corrected chi connectivity index (χ3v) is 4.63. The van der Waals surface area contributed by atoms with E-state index in [-0.39, 0.29) is 6.61 Å². The van der Waals surface area contributed by atoms with Crippen molar-refractivity contribution in [3.05, 3.63) is 66.7 Å². The second kappa shape index (κ2) is 7.90. The number of para-hydroxylation sites is 2. The van der Waals surface area contributed by atoms with Crippen molar-refractivity contribution in [3.8, 4) is 5.75 Å². The van der Waals surface area contributed by atoms with Crippen molar-refractivity contribution in [2.45, 2.75) is 17.5 Å². The predicted octanol–water partition coefficient (Wildman–Crippen LogP) is 3.38. The molecule has 0 atom stereocenters. The number of carbonyl (C=O) groups excluding carboxylic acids is 1. The summed E-state index contributed by atoms with van der Waals surface area (Å²) < 4.78 is 7.51. The molecule has 0 radical (unpaired) electrons. The van der Waals surface area contributed by atoms with Gasteiger partial charge in [-0.15, -0.1) is 6.58 Å². The lowest BCUT2D eigenvalue weighted by molar-refractivity contribution is -0.119. The second-order valence-electron chi connectivity index (χ2n) is 5.47. The number of nitrogens with zero attached hydrogens (tertiary/aromatic N) is 2. The standard InChI is InChI=1S/C19H19N3O2S/c1-2-10-22-17-9-4-3-8-16(17)21-19(22)25-13-14-6-5-7-15(11-14)24-12-18(20)23/h2-9,11H,1,10,12-13H2,(H2,20,23). The van der Waals surface area contributed by atoms with Crippen molar-refractivity contribution in [2.75, 3.05) is 6.61 Å². The number of imidazole rings is 1. The lowest BCUT2D eigenvalue weighted by atomic mass is 10.2. The monoisotopic (exact) mass is 353 g/mol. The van der Waals surface area contributed by atoms with Crippen LogP contribution in [0.4, 0.5) is 0 Å². The zero-order valence-electron chi connectivity index (χ0n) is 13.7. The number of hydrogen-bond acceptors (Lipinski definition) is 4. The minimum Gasteiger partial charge on any atom is -0.484 e. The summed E-state index contributed by atoms with van der Waals surface area (Å²) >= 11 is 1.66. The van der Waals surface area contributed by atoms with Crippen LogP contribution in [0.25, 0.3) is 11.0 Å². The Hall–Kier alpha value is -2.73. The maximum atomic E-state index is 10.8. The number of thioether (sulfide) groups is 1. The third kappa shape index (κ3) is 4.22. The fraction of sp³-hybridized carbons (Fsp3) is 0.158. The summed E-state index contributed by atoms with van der Waals surface area (Å²) in [7, 11) is 0. The van der Waals surface area contributed by atoms with Crippen LogP contribution in [-0.2, 0) is 17.1 Å². The van der Waals surface area contributed by atoms with Crippen LogP contribution in [0.1, 0.15) is 5.56 Å². The number of amides is 1. The van der Waals surface area contributed by atoms with Crippen LogP contribution in [0, 0.1) is 0 Å².